The molecule has 0 aromatic heterocycles. The topological polar surface area (TPSA) is 20.2 Å². The highest BCUT2D eigenvalue weighted by atomic mass is 16.2. The van der Waals surface area contributed by atoms with Crippen molar-refractivity contribution < 1.29 is 5.11 Å². The second kappa shape index (κ2) is 11.4. The number of aliphatic hydroxyl groups excluding tert-OH is 1. The minimum absolute atomic E-state index is 0.342. The lowest BCUT2D eigenvalue weighted by Crippen LogP contribution is -1.82. The Morgan fingerprint density at radius 3 is 2.31 bits per heavy atom. The molecule has 0 aromatic rings. The first-order valence-corrected chi connectivity index (χ1v) is 5.34. The zero-order valence-corrected chi connectivity index (χ0v) is 8.71. The quantitative estimate of drug-likeness (QED) is 0.450. The molecule has 1 N–H and O–H groups in total. The Kier molecular flexibility index (Phi) is 10.9. The first kappa shape index (κ1) is 12.4. The number of allylic oxidation sites excluding steroid dienone is 4. The van der Waals surface area contributed by atoms with Gasteiger partial charge in [-0.15, -0.1) is 0 Å². The molecule has 0 radical (unpaired) electrons. The van der Waals surface area contributed by atoms with Crippen LogP contribution in [0, 0.1) is 0 Å². The highest BCUT2D eigenvalue weighted by Crippen LogP contribution is 2.02. The van der Waals surface area contributed by atoms with Gasteiger partial charge in [-0.05, 0) is 25.7 Å². The third-order valence-electron chi connectivity index (χ3n) is 1.90. The molecule has 0 aliphatic rings. The van der Waals surface area contributed by atoms with E-state index in [1.165, 1.54) is 19.3 Å². The molecule has 1 nitrogen and oxygen atoms in total. The van der Waals surface area contributed by atoms with E-state index < -0.39 is 0 Å². The molecule has 0 aliphatic carbocycles. The van der Waals surface area contributed by atoms with Crippen LogP contribution in [0.5, 0.6) is 0 Å². The van der Waals surface area contributed by atoms with E-state index in [0.29, 0.717) is 6.61 Å². The molecular weight excluding hydrogens is 160 g/mol. The lowest BCUT2D eigenvalue weighted by atomic mass is 10.1. The highest BCUT2D eigenvalue weighted by molar-refractivity contribution is 5.01. The Labute approximate surface area is 82.2 Å². The summed E-state index contributed by atoms with van der Waals surface area (Å²) in [4.78, 5) is 0. The second-order valence-electron chi connectivity index (χ2n) is 3.19. The van der Waals surface area contributed by atoms with Gasteiger partial charge in [0.1, 0.15) is 0 Å². The van der Waals surface area contributed by atoms with Gasteiger partial charge in [-0.25, -0.2) is 0 Å². The molecule has 0 rings (SSSR count). The normalized spacial score (nSPS) is 11.8. The lowest BCUT2D eigenvalue weighted by Gasteiger charge is -1.94. The Bertz CT molecular complexity index is 136. The second-order valence-corrected chi connectivity index (χ2v) is 3.19. The molecule has 76 valence electrons. The molecule has 0 spiro atoms. The van der Waals surface area contributed by atoms with E-state index in [-0.39, 0.29) is 0 Å². The third kappa shape index (κ3) is 11.4. The summed E-state index contributed by atoms with van der Waals surface area (Å²) in [5, 5.41) is 8.54. The molecule has 0 amide bonds. The maximum atomic E-state index is 8.54. The van der Waals surface area contributed by atoms with Gasteiger partial charge in [0, 0.05) is 6.61 Å². The van der Waals surface area contributed by atoms with Crippen LogP contribution in [0.25, 0.3) is 0 Å². The zero-order valence-electron chi connectivity index (χ0n) is 8.71. The van der Waals surface area contributed by atoms with Crippen molar-refractivity contribution in [3.05, 3.63) is 24.3 Å². The highest BCUT2D eigenvalue weighted by Gasteiger charge is 1.85. The Morgan fingerprint density at radius 1 is 0.923 bits per heavy atom. The Balaban J connectivity index is 3.06. The molecule has 0 unspecified atom stereocenters. The van der Waals surface area contributed by atoms with E-state index in [9.17, 15) is 0 Å². The number of unbranched alkanes of at least 4 members (excludes halogenated alkanes) is 4. The van der Waals surface area contributed by atoms with Gasteiger partial charge in [-0.3, -0.25) is 0 Å². The van der Waals surface area contributed by atoms with Gasteiger partial charge in [0.05, 0.1) is 0 Å². The van der Waals surface area contributed by atoms with E-state index >= 15 is 0 Å². The summed E-state index contributed by atoms with van der Waals surface area (Å²) in [7, 11) is 0. The van der Waals surface area contributed by atoms with Crippen LogP contribution >= 0.6 is 0 Å². The van der Waals surface area contributed by atoms with Crippen molar-refractivity contribution in [2.75, 3.05) is 6.61 Å². The lowest BCUT2D eigenvalue weighted by molar-refractivity contribution is 0.282. The first-order valence-electron chi connectivity index (χ1n) is 5.34. The smallest absolute Gasteiger partial charge is 0.0431 e. The maximum Gasteiger partial charge on any atom is 0.0431 e. The van der Waals surface area contributed by atoms with Crippen molar-refractivity contribution in [1.82, 2.24) is 0 Å². The van der Waals surface area contributed by atoms with Crippen LogP contribution in [-0.2, 0) is 0 Å². The molecule has 0 atom stereocenters. The summed E-state index contributed by atoms with van der Waals surface area (Å²) in [6.07, 6.45) is 15.5. The Hall–Kier alpha value is -0.560. The summed E-state index contributed by atoms with van der Waals surface area (Å²) >= 11 is 0. The molecule has 0 saturated carbocycles. The van der Waals surface area contributed by atoms with E-state index in [0.717, 1.165) is 19.3 Å². The van der Waals surface area contributed by atoms with Crippen LogP contribution in [0.15, 0.2) is 24.3 Å². The van der Waals surface area contributed by atoms with Crippen molar-refractivity contribution in [1.29, 1.82) is 0 Å². The van der Waals surface area contributed by atoms with Gasteiger partial charge in [0.25, 0.3) is 0 Å². The van der Waals surface area contributed by atoms with Crippen molar-refractivity contribution in [3.8, 4) is 0 Å². The first-order chi connectivity index (χ1) is 6.41. The van der Waals surface area contributed by atoms with Crippen molar-refractivity contribution in [3.63, 3.8) is 0 Å². The fourth-order valence-corrected chi connectivity index (χ4v) is 1.12. The van der Waals surface area contributed by atoms with Crippen LogP contribution in [0.1, 0.15) is 45.4 Å². The summed E-state index contributed by atoms with van der Waals surface area (Å²) < 4.78 is 0. The fraction of sp³-hybridized carbons (Fsp3) is 0.667. The van der Waals surface area contributed by atoms with E-state index in [1.54, 1.807) is 0 Å². The maximum absolute atomic E-state index is 8.54. The molecule has 0 aromatic carbocycles. The van der Waals surface area contributed by atoms with Gasteiger partial charge in [0.2, 0.25) is 0 Å². The molecule has 0 saturated heterocycles. The fourth-order valence-electron chi connectivity index (χ4n) is 1.12. The van der Waals surface area contributed by atoms with Crippen LogP contribution in [0.2, 0.25) is 0 Å². The van der Waals surface area contributed by atoms with Gasteiger partial charge >= 0.3 is 0 Å². The van der Waals surface area contributed by atoms with E-state index in [2.05, 4.69) is 31.2 Å². The summed E-state index contributed by atoms with van der Waals surface area (Å²) in [5.41, 5.74) is 0. The van der Waals surface area contributed by atoms with Gasteiger partial charge in [-0.1, -0.05) is 44.1 Å². The van der Waals surface area contributed by atoms with Crippen molar-refractivity contribution in [2.45, 2.75) is 45.4 Å². The number of hydrogen-bond acceptors (Lipinski definition) is 1. The summed E-state index contributed by atoms with van der Waals surface area (Å²) in [5.74, 6) is 0. The predicted octanol–water partition coefficient (Wildman–Crippen LogP) is 3.45. The molecular formula is C12H22O. The van der Waals surface area contributed by atoms with E-state index in [1.807, 2.05) is 0 Å². The molecule has 0 heterocycles. The van der Waals surface area contributed by atoms with Crippen LogP contribution in [-0.4, -0.2) is 11.7 Å². The average Bonchev–Trinajstić information content (AvgIpc) is 2.16. The minimum Gasteiger partial charge on any atom is -0.396 e. The van der Waals surface area contributed by atoms with Gasteiger partial charge in [-0.2, -0.15) is 0 Å². The van der Waals surface area contributed by atoms with Crippen LogP contribution in [0.3, 0.4) is 0 Å². The summed E-state index contributed by atoms with van der Waals surface area (Å²) in [6.45, 7) is 2.48. The Morgan fingerprint density at radius 2 is 1.62 bits per heavy atom. The van der Waals surface area contributed by atoms with Crippen LogP contribution < -0.4 is 0 Å². The molecule has 0 bridgehead atoms. The third-order valence-corrected chi connectivity index (χ3v) is 1.90. The monoisotopic (exact) mass is 182 g/mol. The SMILES string of the molecule is CC/C=C\C=C\CCCCCCO. The van der Waals surface area contributed by atoms with Gasteiger partial charge in [0.15, 0.2) is 0 Å². The predicted molar refractivity (Wildman–Crippen MR) is 58.7 cm³/mol. The van der Waals surface area contributed by atoms with Crippen LogP contribution in [0.4, 0.5) is 0 Å². The minimum atomic E-state index is 0.342. The van der Waals surface area contributed by atoms with Crippen molar-refractivity contribution in [2.24, 2.45) is 0 Å². The summed E-state index contributed by atoms with van der Waals surface area (Å²) in [6, 6.07) is 0. The molecule has 0 aliphatic heterocycles. The van der Waals surface area contributed by atoms with E-state index in [4.69, 9.17) is 5.11 Å². The largest absolute Gasteiger partial charge is 0.396 e. The molecule has 0 fully saturated rings. The number of hydrogen-bond donors (Lipinski definition) is 1. The zero-order chi connectivity index (χ0) is 9.78. The van der Waals surface area contributed by atoms with Crippen molar-refractivity contribution >= 4 is 0 Å². The number of aliphatic hydroxyl groups is 1. The number of rotatable bonds is 8. The molecule has 1 heteroatoms. The average molecular weight is 182 g/mol. The standard InChI is InChI=1S/C12H22O/c1-2-3-4-5-6-7-8-9-10-11-12-13/h3-6,13H,2,7-12H2,1H3/b4-3-,6-5+. The molecule has 13 heavy (non-hydrogen) atoms. The van der Waals surface area contributed by atoms with Gasteiger partial charge < -0.3 is 5.11 Å².